The van der Waals surface area contributed by atoms with Crippen LogP contribution in [0.4, 0.5) is 10.1 Å². The first kappa shape index (κ1) is 19.4. The third-order valence-corrected chi connectivity index (χ3v) is 4.83. The van der Waals surface area contributed by atoms with E-state index in [9.17, 15) is 19.1 Å². The molecule has 2 N–H and O–H groups in total. The zero-order valence-corrected chi connectivity index (χ0v) is 15.3. The maximum atomic E-state index is 13.9. The summed E-state index contributed by atoms with van der Waals surface area (Å²) in [6.45, 7) is 3.82. The second kappa shape index (κ2) is 8.10. The summed E-state index contributed by atoms with van der Waals surface area (Å²) >= 11 is 1.06. The van der Waals surface area contributed by atoms with Crippen molar-refractivity contribution in [1.29, 1.82) is 0 Å². The van der Waals surface area contributed by atoms with Crippen molar-refractivity contribution in [2.75, 3.05) is 6.54 Å². The fourth-order valence-electron chi connectivity index (χ4n) is 2.50. The standard InChI is InChI=1S/C20H15FN2O4S/c1-2-9-23-18(25)17(10-12-5-3-4-6-15(12)21)28-20(23)22-13-7-8-14(19(26)27)16(24)11-13/h2-8,10-11,24H,1,9H2,(H,26,27)/b17-10-,22-20?. The number of amides is 1. The number of aromatic hydroxyl groups is 1. The number of rotatable bonds is 5. The van der Waals surface area contributed by atoms with E-state index in [0.717, 1.165) is 11.8 Å². The van der Waals surface area contributed by atoms with Crippen molar-refractivity contribution in [2.24, 2.45) is 4.99 Å². The topological polar surface area (TPSA) is 90.2 Å². The lowest BCUT2D eigenvalue weighted by Gasteiger charge is -2.12. The zero-order chi connectivity index (χ0) is 20.3. The van der Waals surface area contributed by atoms with E-state index >= 15 is 0 Å². The molecule has 2 aromatic rings. The van der Waals surface area contributed by atoms with E-state index in [0.29, 0.717) is 5.17 Å². The fraction of sp³-hybridized carbons (Fsp3) is 0.0500. The molecule has 28 heavy (non-hydrogen) atoms. The van der Waals surface area contributed by atoms with Crippen molar-refractivity contribution in [3.63, 3.8) is 0 Å². The lowest BCUT2D eigenvalue weighted by atomic mass is 10.2. The van der Waals surface area contributed by atoms with Crippen LogP contribution in [-0.2, 0) is 4.79 Å². The highest BCUT2D eigenvalue weighted by atomic mass is 32.2. The third-order valence-electron chi connectivity index (χ3n) is 3.83. The van der Waals surface area contributed by atoms with Gasteiger partial charge in [0.1, 0.15) is 17.1 Å². The van der Waals surface area contributed by atoms with Crippen LogP contribution < -0.4 is 0 Å². The van der Waals surface area contributed by atoms with Crippen LogP contribution in [0, 0.1) is 5.82 Å². The molecule has 0 aliphatic carbocycles. The van der Waals surface area contributed by atoms with E-state index in [2.05, 4.69) is 11.6 Å². The van der Waals surface area contributed by atoms with Gasteiger partial charge in [0.2, 0.25) is 0 Å². The van der Waals surface area contributed by atoms with Crippen LogP contribution in [0.1, 0.15) is 15.9 Å². The number of phenols is 1. The highest BCUT2D eigenvalue weighted by Gasteiger charge is 2.32. The molecule has 3 rings (SSSR count). The molecular formula is C20H15FN2O4S. The smallest absolute Gasteiger partial charge is 0.339 e. The number of amidine groups is 1. The van der Waals surface area contributed by atoms with Crippen molar-refractivity contribution >= 4 is 40.6 Å². The molecule has 1 heterocycles. The van der Waals surface area contributed by atoms with Crippen molar-refractivity contribution in [2.45, 2.75) is 0 Å². The Morgan fingerprint density at radius 2 is 2.04 bits per heavy atom. The summed E-state index contributed by atoms with van der Waals surface area (Å²) in [6, 6.07) is 9.95. The van der Waals surface area contributed by atoms with Gasteiger partial charge in [-0.05, 0) is 36.0 Å². The quantitative estimate of drug-likeness (QED) is 0.586. The zero-order valence-electron chi connectivity index (χ0n) is 14.5. The van der Waals surface area contributed by atoms with Gasteiger partial charge >= 0.3 is 5.97 Å². The van der Waals surface area contributed by atoms with Crippen LogP contribution in [0.5, 0.6) is 5.75 Å². The molecule has 0 aromatic heterocycles. The lowest BCUT2D eigenvalue weighted by molar-refractivity contribution is -0.121. The molecular weight excluding hydrogens is 383 g/mol. The molecule has 1 saturated heterocycles. The predicted molar refractivity (Wildman–Crippen MR) is 106 cm³/mol. The first-order chi connectivity index (χ1) is 13.4. The van der Waals surface area contributed by atoms with E-state index in [4.69, 9.17) is 5.11 Å². The van der Waals surface area contributed by atoms with Crippen LogP contribution in [0.2, 0.25) is 0 Å². The Morgan fingerprint density at radius 3 is 2.68 bits per heavy atom. The average Bonchev–Trinajstić information content (AvgIpc) is 2.92. The van der Waals surface area contributed by atoms with Gasteiger partial charge in [0.15, 0.2) is 5.17 Å². The van der Waals surface area contributed by atoms with Gasteiger partial charge in [0.05, 0.1) is 10.6 Å². The van der Waals surface area contributed by atoms with Crippen LogP contribution in [0.3, 0.4) is 0 Å². The normalized spacial score (nSPS) is 16.8. The van der Waals surface area contributed by atoms with E-state index in [1.54, 1.807) is 18.2 Å². The number of hydrogen-bond donors (Lipinski definition) is 2. The first-order valence-corrected chi connectivity index (χ1v) is 8.94. The first-order valence-electron chi connectivity index (χ1n) is 8.12. The second-order valence-corrected chi connectivity index (χ2v) is 6.75. The van der Waals surface area contributed by atoms with E-state index in [-0.39, 0.29) is 34.2 Å². The van der Waals surface area contributed by atoms with Gasteiger partial charge in [-0.1, -0.05) is 24.3 Å². The van der Waals surface area contributed by atoms with Crippen LogP contribution in [0.15, 0.2) is 65.0 Å². The summed E-state index contributed by atoms with van der Waals surface area (Å²) in [7, 11) is 0. The SMILES string of the molecule is C=CCN1C(=O)/C(=C/c2ccccc2F)SC1=Nc1ccc(C(=O)O)c(O)c1. The number of carboxylic acids is 1. The summed E-state index contributed by atoms with van der Waals surface area (Å²) in [5.41, 5.74) is 0.308. The van der Waals surface area contributed by atoms with E-state index in [1.165, 1.54) is 41.3 Å². The Kier molecular flexibility index (Phi) is 5.60. The minimum absolute atomic E-state index is 0.193. The molecule has 0 spiro atoms. The number of thioether (sulfide) groups is 1. The number of carboxylic acid groups (broad SMARTS) is 1. The molecule has 0 unspecified atom stereocenters. The number of carbonyl (C=O) groups is 2. The van der Waals surface area contributed by atoms with Gasteiger partial charge in [-0.15, -0.1) is 6.58 Å². The van der Waals surface area contributed by atoms with Crippen molar-refractivity contribution in [1.82, 2.24) is 4.90 Å². The monoisotopic (exact) mass is 398 g/mol. The molecule has 0 atom stereocenters. The maximum Gasteiger partial charge on any atom is 0.339 e. The van der Waals surface area contributed by atoms with Gasteiger partial charge in [0, 0.05) is 18.2 Å². The number of nitrogens with zero attached hydrogens (tertiary/aromatic N) is 2. The summed E-state index contributed by atoms with van der Waals surface area (Å²) in [4.78, 5) is 29.7. The summed E-state index contributed by atoms with van der Waals surface area (Å²) in [5.74, 6) is -2.48. The molecule has 6 nitrogen and oxygen atoms in total. The Bertz CT molecular complexity index is 1030. The molecule has 8 heteroatoms. The van der Waals surface area contributed by atoms with E-state index < -0.39 is 17.5 Å². The van der Waals surface area contributed by atoms with Crippen LogP contribution in [-0.4, -0.2) is 38.7 Å². The van der Waals surface area contributed by atoms with Gasteiger partial charge < -0.3 is 10.2 Å². The van der Waals surface area contributed by atoms with Crippen molar-refractivity contribution < 1.29 is 24.2 Å². The number of aromatic carboxylic acids is 1. The molecule has 1 fully saturated rings. The largest absolute Gasteiger partial charge is 0.507 e. The minimum atomic E-state index is -1.26. The molecule has 1 aliphatic rings. The number of benzene rings is 2. The Labute approximate surface area is 164 Å². The number of hydrogen-bond acceptors (Lipinski definition) is 5. The number of carbonyl (C=O) groups excluding carboxylic acids is 1. The predicted octanol–water partition coefficient (Wildman–Crippen LogP) is 4.02. The van der Waals surface area contributed by atoms with Crippen LogP contribution >= 0.6 is 11.8 Å². The highest BCUT2D eigenvalue weighted by molar-refractivity contribution is 8.18. The highest BCUT2D eigenvalue weighted by Crippen LogP contribution is 2.35. The second-order valence-electron chi connectivity index (χ2n) is 5.74. The van der Waals surface area contributed by atoms with Crippen molar-refractivity contribution in [3.05, 3.63) is 77.0 Å². The molecule has 2 aromatic carbocycles. The van der Waals surface area contributed by atoms with Gasteiger partial charge in [0.25, 0.3) is 5.91 Å². The van der Waals surface area contributed by atoms with Crippen molar-refractivity contribution in [3.8, 4) is 5.75 Å². The summed E-state index contributed by atoms with van der Waals surface area (Å²) < 4.78 is 13.9. The van der Waals surface area contributed by atoms with Gasteiger partial charge in [-0.2, -0.15) is 0 Å². The molecule has 1 amide bonds. The van der Waals surface area contributed by atoms with E-state index in [1.807, 2.05) is 0 Å². The Morgan fingerprint density at radius 1 is 1.29 bits per heavy atom. The lowest BCUT2D eigenvalue weighted by Crippen LogP contribution is -2.29. The third kappa shape index (κ3) is 3.96. The Balaban J connectivity index is 1.98. The number of aliphatic imine (C=N–C) groups is 1. The minimum Gasteiger partial charge on any atom is -0.507 e. The average molecular weight is 398 g/mol. The van der Waals surface area contributed by atoms with Gasteiger partial charge in [-0.3, -0.25) is 9.69 Å². The molecule has 1 aliphatic heterocycles. The van der Waals surface area contributed by atoms with Crippen LogP contribution in [0.25, 0.3) is 6.08 Å². The molecule has 142 valence electrons. The molecule has 0 radical (unpaired) electrons. The summed E-state index contributed by atoms with van der Waals surface area (Å²) in [5, 5.41) is 19.1. The fourth-order valence-corrected chi connectivity index (χ4v) is 3.49. The van der Waals surface area contributed by atoms with Gasteiger partial charge in [-0.25, -0.2) is 14.2 Å². The summed E-state index contributed by atoms with van der Waals surface area (Å²) in [6.07, 6.45) is 2.98. The number of halogens is 1. The molecule has 0 bridgehead atoms. The molecule has 0 saturated carbocycles. The maximum absolute atomic E-state index is 13.9. The Hall–Kier alpha value is -3.39.